The third-order valence-electron chi connectivity index (χ3n) is 5.33. The molecular formula is C21H27N3O5. The minimum Gasteiger partial charge on any atom is -0.454 e. The molecule has 2 atom stereocenters. The van der Waals surface area contributed by atoms with E-state index < -0.39 is 42.5 Å². The van der Waals surface area contributed by atoms with E-state index >= 15 is 0 Å². The molecule has 1 heterocycles. The largest absolute Gasteiger partial charge is 0.454 e. The maximum absolute atomic E-state index is 13.0. The van der Waals surface area contributed by atoms with Crippen LogP contribution in [-0.2, 0) is 19.1 Å². The van der Waals surface area contributed by atoms with Crippen LogP contribution in [0.5, 0.6) is 0 Å². The van der Waals surface area contributed by atoms with Gasteiger partial charge in [-0.1, -0.05) is 39.0 Å². The first-order chi connectivity index (χ1) is 13.6. The van der Waals surface area contributed by atoms with Crippen molar-refractivity contribution in [1.82, 2.24) is 10.2 Å². The normalized spacial score (nSPS) is 25.6. The van der Waals surface area contributed by atoms with Crippen molar-refractivity contribution < 1.29 is 23.9 Å². The van der Waals surface area contributed by atoms with Crippen LogP contribution >= 0.6 is 0 Å². The van der Waals surface area contributed by atoms with Crippen molar-refractivity contribution in [1.29, 1.82) is 0 Å². The molecule has 8 nitrogen and oxygen atoms in total. The number of nitrogens with zero attached hydrogens (tertiary/aromatic N) is 1. The number of esters is 1. The lowest BCUT2D eigenvalue weighted by molar-refractivity contribution is -0.150. The molecule has 0 radical (unpaired) electrons. The lowest BCUT2D eigenvalue weighted by Crippen LogP contribution is -2.54. The van der Waals surface area contributed by atoms with Crippen LogP contribution in [0.25, 0.3) is 0 Å². The minimum atomic E-state index is -0.969. The highest BCUT2D eigenvalue weighted by molar-refractivity contribution is 6.09. The summed E-state index contributed by atoms with van der Waals surface area (Å²) in [5, 5.41) is 5.40. The first-order valence-electron chi connectivity index (χ1n) is 9.75. The van der Waals surface area contributed by atoms with Gasteiger partial charge in [0.2, 0.25) is 0 Å². The Morgan fingerprint density at radius 2 is 1.90 bits per heavy atom. The molecule has 1 aliphatic heterocycles. The molecular weight excluding hydrogens is 374 g/mol. The molecule has 2 N–H and O–H groups in total. The minimum absolute atomic E-state index is 0.0906. The summed E-state index contributed by atoms with van der Waals surface area (Å²) in [5.41, 5.74) is -0.478. The molecule has 1 aromatic rings. The number of carbonyl (C=O) groups is 4. The van der Waals surface area contributed by atoms with E-state index in [2.05, 4.69) is 31.4 Å². The number of nitrogens with one attached hydrogen (secondary N) is 2. The number of urea groups is 1. The molecule has 1 saturated heterocycles. The number of benzene rings is 1. The van der Waals surface area contributed by atoms with Gasteiger partial charge < -0.3 is 15.4 Å². The van der Waals surface area contributed by atoms with Crippen LogP contribution in [-0.4, -0.2) is 47.4 Å². The Balaban J connectivity index is 1.56. The van der Waals surface area contributed by atoms with Gasteiger partial charge in [-0.2, -0.15) is 0 Å². The molecule has 8 heteroatoms. The summed E-state index contributed by atoms with van der Waals surface area (Å²) in [4.78, 5) is 50.3. The van der Waals surface area contributed by atoms with Crippen LogP contribution < -0.4 is 10.6 Å². The van der Waals surface area contributed by atoms with Gasteiger partial charge in [-0.15, -0.1) is 0 Å². The Bertz CT molecular complexity index is 823. The summed E-state index contributed by atoms with van der Waals surface area (Å²) in [5.74, 6) is -1.43. The summed E-state index contributed by atoms with van der Waals surface area (Å²) >= 11 is 0. The number of hydrogen-bond acceptors (Lipinski definition) is 5. The Labute approximate surface area is 170 Å². The van der Waals surface area contributed by atoms with E-state index in [0.29, 0.717) is 18.5 Å². The molecule has 0 unspecified atom stereocenters. The highest BCUT2D eigenvalue weighted by Crippen LogP contribution is 2.46. The highest BCUT2D eigenvalue weighted by atomic mass is 16.5. The molecule has 3 rings (SSSR count). The Hall–Kier alpha value is -2.90. The zero-order valence-corrected chi connectivity index (χ0v) is 17.0. The maximum Gasteiger partial charge on any atom is 0.326 e. The van der Waals surface area contributed by atoms with Gasteiger partial charge in [0, 0.05) is 5.69 Å². The number of carbonyl (C=O) groups excluding carboxylic acids is 4. The monoisotopic (exact) mass is 401 g/mol. The fourth-order valence-electron chi connectivity index (χ4n) is 4.69. The first kappa shape index (κ1) is 20.8. The number of para-hydroxylation sites is 1. The summed E-state index contributed by atoms with van der Waals surface area (Å²) in [6.07, 6.45) is 2.04. The number of rotatable bonds is 5. The van der Waals surface area contributed by atoms with Crippen molar-refractivity contribution in [3.05, 3.63) is 30.3 Å². The molecule has 1 spiro atoms. The second-order valence-corrected chi connectivity index (χ2v) is 8.83. The topological polar surface area (TPSA) is 105 Å². The van der Waals surface area contributed by atoms with Crippen molar-refractivity contribution in [3.8, 4) is 0 Å². The van der Waals surface area contributed by atoms with Gasteiger partial charge in [-0.3, -0.25) is 19.3 Å². The quantitative estimate of drug-likeness (QED) is 0.582. The summed E-state index contributed by atoms with van der Waals surface area (Å²) < 4.78 is 4.95. The van der Waals surface area contributed by atoms with Gasteiger partial charge in [0.25, 0.3) is 11.8 Å². The van der Waals surface area contributed by atoms with Crippen molar-refractivity contribution in [2.75, 3.05) is 18.5 Å². The Morgan fingerprint density at radius 1 is 1.21 bits per heavy atom. The first-order valence-corrected chi connectivity index (χ1v) is 9.75. The zero-order chi connectivity index (χ0) is 21.2. The number of imide groups is 1. The maximum atomic E-state index is 13.0. The number of anilines is 1. The van der Waals surface area contributed by atoms with Crippen LogP contribution in [0.15, 0.2) is 30.3 Å². The molecule has 156 valence electrons. The lowest BCUT2D eigenvalue weighted by Gasteiger charge is -2.43. The smallest absolute Gasteiger partial charge is 0.326 e. The van der Waals surface area contributed by atoms with E-state index in [1.165, 1.54) is 0 Å². The van der Waals surface area contributed by atoms with Crippen molar-refractivity contribution in [3.63, 3.8) is 0 Å². The van der Waals surface area contributed by atoms with E-state index in [4.69, 9.17) is 4.74 Å². The molecule has 29 heavy (non-hydrogen) atoms. The van der Waals surface area contributed by atoms with Gasteiger partial charge in [-0.05, 0) is 42.7 Å². The Kier molecular flexibility index (Phi) is 5.64. The van der Waals surface area contributed by atoms with E-state index in [1.807, 2.05) is 6.07 Å². The molecule has 0 aromatic heterocycles. The molecule has 1 aromatic carbocycles. The van der Waals surface area contributed by atoms with Crippen LogP contribution in [0, 0.1) is 11.3 Å². The van der Waals surface area contributed by atoms with Crippen molar-refractivity contribution >= 4 is 29.5 Å². The average molecular weight is 401 g/mol. The predicted molar refractivity (Wildman–Crippen MR) is 106 cm³/mol. The van der Waals surface area contributed by atoms with Gasteiger partial charge >= 0.3 is 12.0 Å². The fraction of sp³-hybridized carbons (Fsp3) is 0.524. The number of ether oxygens (including phenoxy) is 1. The fourth-order valence-corrected chi connectivity index (χ4v) is 4.69. The standard InChI is InChI=1S/C21H27N3O5/c1-14-9-20(2,3)13-21(10-14)18(27)24(19(28)23-21)11-17(26)29-12-16(25)22-15-7-5-4-6-8-15/h4-8,14H,9-13H2,1-3H3,(H,22,25)(H,23,28)/t14-,21+/m0/s1. The van der Waals surface area contributed by atoms with Crippen LogP contribution in [0.2, 0.25) is 0 Å². The van der Waals surface area contributed by atoms with E-state index in [9.17, 15) is 19.2 Å². The molecule has 2 fully saturated rings. The van der Waals surface area contributed by atoms with Gasteiger partial charge in [0.15, 0.2) is 6.61 Å². The Morgan fingerprint density at radius 3 is 2.55 bits per heavy atom. The van der Waals surface area contributed by atoms with Crippen LogP contribution in [0.3, 0.4) is 0 Å². The van der Waals surface area contributed by atoms with E-state index in [1.54, 1.807) is 24.3 Å². The molecule has 1 saturated carbocycles. The lowest BCUT2D eigenvalue weighted by atomic mass is 9.64. The molecule has 1 aliphatic carbocycles. The second kappa shape index (κ2) is 7.85. The van der Waals surface area contributed by atoms with Crippen LogP contribution in [0.1, 0.15) is 40.0 Å². The number of amides is 4. The molecule has 0 bridgehead atoms. The van der Waals surface area contributed by atoms with Crippen molar-refractivity contribution in [2.45, 2.75) is 45.6 Å². The molecule has 4 amide bonds. The van der Waals surface area contributed by atoms with Gasteiger partial charge in [0.05, 0.1) is 0 Å². The average Bonchev–Trinajstić information content (AvgIpc) is 2.82. The highest BCUT2D eigenvalue weighted by Gasteiger charge is 2.56. The predicted octanol–water partition coefficient (Wildman–Crippen LogP) is 2.31. The summed E-state index contributed by atoms with van der Waals surface area (Å²) in [7, 11) is 0. The van der Waals surface area contributed by atoms with Crippen molar-refractivity contribution in [2.24, 2.45) is 11.3 Å². The van der Waals surface area contributed by atoms with Gasteiger partial charge in [-0.25, -0.2) is 4.79 Å². The SMILES string of the molecule is C[C@H]1CC(C)(C)C[C@@]2(C1)NC(=O)N(CC(=O)OCC(=O)Nc1ccccc1)C2=O. The van der Waals surface area contributed by atoms with E-state index in [-0.39, 0.29) is 11.3 Å². The number of hydrogen-bond donors (Lipinski definition) is 2. The third kappa shape index (κ3) is 4.75. The van der Waals surface area contributed by atoms with Crippen LogP contribution in [0.4, 0.5) is 10.5 Å². The summed E-state index contributed by atoms with van der Waals surface area (Å²) in [6.45, 7) is 5.20. The second-order valence-electron chi connectivity index (χ2n) is 8.83. The zero-order valence-electron chi connectivity index (χ0n) is 17.0. The van der Waals surface area contributed by atoms with Gasteiger partial charge in [0.1, 0.15) is 12.1 Å². The third-order valence-corrected chi connectivity index (χ3v) is 5.33. The van der Waals surface area contributed by atoms with E-state index in [0.717, 1.165) is 11.3 Å². The summed E-state index contributed by atoms with van der Waals surface area (Å²) in [6, 6.07) is 8.17. The molecule has 2 aliphatic rings.